The summed E-state index contributed by atoms with van der Waals surface area (Å²) in [6.07, 6.45) is 0. The molecule has 24 heavy (non-hydrogen) atoms. The maximum absolute atomic E-state index is 11.7. The lowest BCUT2D eigenvalue weighted by atomic mass is 10.1. The van der Waals surface area contributed by atoms with Crippen molar-refractivity contribution in [3.8, 4) is 0 Å². The summed E-state index contributed by atoms with van der Waals surface area (Å²) in [5.41, 5.74) is 1.18. The van der Waals surface area contributed by atoms with Crippen LogP contribution in [0.1, 0.15) is 32.5 Å². The average molecular weight is 347 g/mol. The number of amides is 1. The maximum Gasteiger partial charge on any atom is 0.338 e. The molecule has 0 aliphatic rings. The van der Waals surface area contributed by atoms with Gasteiger partial charge in [0.05, 0.1) is 17.0 Å². The summed E-state index contributed by atoms with van der Waals surface area (Å²) >= 11 is 1.30. The van der Waals surface area contributed by atoms with Crippen molar-refractivity contribution in [3.63, 3.8) is 0 Å². The Hall–Kier alpha value is -2.67. The minimum Gasteiger partial charge on any atom is -0.462 e. The number of benzene rings is 1. The first-order valence-corrected chi connectivity index (χ1v) is 8.21. The van der Waals surface area contributed by atoms with Crippen LogP contribution in [-0.4, -0.2) is 31.0 Å². The van der Waals surface area contributed by atoms with Gasteiger partial charge < -0.3 is 14.8 Å². The predicted octanol–water partition coefficient (Wildman–Crippen LogP) is 2.40. The van der Waals surface area contributed by atoms with E-state index in [-0.39, 0.29) is 19.1 Å². The van der Waals surface area contributed by atoms with Gasteiger partial charge in [0.1, 0.15) is 13.2 Å². The van der Waals surface area contributed by atoms with Gasteiger partial charge >= 0.3 is 11.9 Å². The van der Waals surface area contributed by atoms with E-state index < -0.39 is 11.9 Å². The smallest absolute Gasteiger partial charge is 0.338 e. The minimum atomic E-state index is -0.533. The Morgan fingerprint density at radius 1 is 1.08 bits per heavy atom. The van der Waals surface area contributed by atoms with E-state index in [1.165, 1.54) is 11.3 Å². The molecular formula is C17H17NO5S. The van der Waals surface area contributed by atoms with E-state index in [1.54, 1.807) is 48.7 Å². The molecule has 0 radical (unpaired) electrons. The Morgan fingerprint density at radius 3 is 2.46 bits per heavy atom. The molecule has 1 aromatic heterocycles. The fraction of sp³-hybridized carbons (Fsp3) is 0.235. The maximum atomic E-state index is 11.7. The number of carbonyl (C=O) groups excluding carboxylic acids is 3. The quantitative estimate of drug-likeness (QED) is 0.778. The molecule has 1 heterocycles. The zero-order valence-electron chi connectivity index (χ0n) is 13.1. The second-order valence-corrected chi connectivity index (χ2v) is 5.69. The number of hydrogen-bond acceptors (Lipinski definition) is 6. The molecule has 1 aromatic carbocycles. The first-order chi connectivity index (χ1) is 11.6. The fourth-order valence-corrected chi connectivity index (χ4v) is 2.45. The number of ether oxygens (including phenoxy) is 2. The van der Waals surface area contributed by atoms with Crippen LogP contribution in [-0.2, 0) is 20.9 Å². The van der Waals surface area contributed by atoms with E-state index in [9.17, 15) is 14.4 Å². The molecule has 0 aliphatic heterocycles. The van der Waals surface area contributed by atoms with Crippen molar-refractivity contribution in [1.29, 1.82) is 0 Å². The van der Waals surface area contributed by atoms with Crippen LogP contribution in [0.4, 0.5) is 0 Å². The van der Waals surface area contributed by atoms with E-state index in [0.29, 0.717) is 17.0 Å². The Morgan fingerprint density at radius 2 is 1.83 bits per heavy atom. The molecule has 0 aliphatic carbocycles. The highest BCUT2D eigenvalue weighted by Gasteiger charge is 2.10. The van der Waals surface area contributed by atoms with Crippen LogP contribution >= 0.6 is 11.3 Å². The lowest BCUT2D eigenvalue weighted by molar-refractivity contribution is -0.143. The number of rotatable bonds is 7. The first-order valence-electron chi connectivity index (χ1n) is 7.33. The molecule has 1 N–H and O–H groups in total. The summed E-state index contributed by atoms with van der Waals surface area (Å²) < 4.78 is 9.96. The van der Waals surface area contributed by atoms with E-state index in [4.69, 9.17) is 9.47 Å². The third-order valence-electron chi connectivity index (χ3n) is 3.00. The van der Waals surface area contributed by atoms with Gasteiger partial charge in [0.25, 0.3) is 5.91 Å². The van der Waals surface area contributed by atoms with Gasteiger partial charge in [0.15, 0.2) is 0 Å². The molecule has 0 unspecified atom stereocenters. The highest BCUT2D eigenvalue weighted by Crippen LogP contribution is 2.08. The number of carbonyl (C=O) groups is 3. The monoisotopic (exact) mass is 347 g/mol. The number of esters is 2. The predicted molar refractivity (Wildman–Crippen MR) is 88.8 cm³/mol. The summed E-state index contributed by atoms with van der Waals surface area (Å²) in [4.78, 5) is 35.4. The van der Waals surface area contributed by atoms with Gasteiger partial charge in [0.2, 0.25) is 0 Å². The molecule has 6 nitrogen and oxygen atoms in total. The van der Waals surface area contributed by atoms with Gasteiger partial charge in [-0.1, -0.05) is 18.2 Å². The van der Waals surface area contributed by atoms with Crippen molar-refractivity contribution in [3.05, 3.63) is 57.8 Å². The van der Waals surface area contributed by atoms with Crippen molar-refractivity contribution < 1.29 is 23.9 Å². The van der Waals surface area contributed by atoms with Crippen molar-refractivity contribution in [1.82, 2.24) is 5.32 Å². The van der Waals surface area contributed by atoms with Gasteiger partial charge in [-0.15, -0.1) is 11.3 Å². The molecule has 0 bridgehead atoms. The molecular weight excluding hydrogens is 330 g/mol. The second-order valence-electron chi connectivity index (χ2n) is 4.74. The average Bonchev–Trinajstić information content (AvgIpc) is 3.13. The summed E-state index contributed by atoms with van der Waals surface area (Å²) in [5.74, 6) is -1.23. The lowest BCUT2D eigenvalue weighted by Crippen LogP contribution is -2.30. The van der Waals surface area contributed by atoms with Gasteiger partial charge in [-0.05, 0) is 36.1 Å². The molecule has 2 rings (SSSR count). The van der Waals surface area contributed by atoms with Crippen molar-refractivity contribution >= 4 is 29.2 Å². The topological polar surface area (TPSA) is 81.7 Å². The highest BCUT2D eigenvalue weighted by atomic mass is 32.1. The number of hydrogen-bond donors (Lipinski definition) is 1. The molecule has 1 amide bonds. The molecule has 0 saturated carbocycles. The van der Waals surface area contributed by atoms with Gasteiger partial charge in [0, 0.05) is 0 Å². The highest BCUT2D eigenvalue weighted by molar-refractivity contribution is 7.12. The van der Waals surface area contributed by atoms with E-state index in [1.807, 2.05) is 0 Å². The first kappa shape index (κ1) is 17.7. The molecule has 0 saturated heterocycles. The summed E-state index contributed by atoms with van der Waals surface area (Å²) in [6.45, 7) is 1.92. The van der Waals surface area contributed by atoms with Gasteiger partial charge in [-0.25, -0.2) is 4.79 Å². The third kappa shape index (κ3) is 5.20. The minimum absolute atomic E-state index is 0.0663. The summed E-state index contributed by atoms with van der Waals surface area (Å²) in [7, 11) is 0. The lowest BCUT2D eigenvalue weighted by Gasteiger charge is -2.07. The van der Waals surface area contributed by atoms with Gasteiger partial charge in [-0.2, -0.15) is 0 Å². The Labute approximate surface area is 143 Å². The van der Waals surface area contributed by atoms with Crippen LogP contribution in [0.3, 0.4) is 0 Å². The van der Waals surface area contributed by atoms with Crippen molar-refractivity contribution in [2.45, 2.75) is 13.5 Å². The van der Waals surface area contributed by atoms with Crippen LogP contribution in [0.25, 0.3) is 0 Å². The van der Waals surface area contributed by atoms with E-state index in [0.717, 1.165) is 5.56 Å². The van der Waals surface area contributed by atoms with Crippen LogP contribution in [0, 0.1) is 0 Å². The molecule has 0 atom stereocenters. The van der Waals surface area contributed by atoms with E-state index >= 15 is 0 Å². The number of nitrogens with one attached hydrogen (secondary N) is 1. The SMILES string of the molecule is CCOC(=O)c1ccc(COC(=O)CNC(=O)c2cccs2)cc1. The van der Waals surface area contributed by atoms with Crippen LogP contribution < -0.4 is 5.32 Å². The van der Waals surface area contributed by atoms with Crippen molar-refractivity contribution in [2.75, 3.05) is 13.2 Å². The second kappa shape index (κ2) is 8.83. The summed E-state index contributed by atoms with van der Waals surface area (Å²) in [6, 6.07) is 10.0. The molecule has 7 heteroatoms. The third-order valence-corrected chi connectivity index (χ3v) is 3.87. The molecule has 0 fully saturated rings. The molecule has 126 valence electrons. The number of thiophene rings is 1. The van der Waals surface area contributed by atoms with Crippen LogP contribution in [0.5, 0.6) is 0 Å². The zero-order chi connectivity index (χ0) is 17.4. The Bertz CT molecular complexity index is 694. The van der Waals surface area contributed by atoms with Crippen LogP contribution in [0.2, 0.25) is 0 Å². The van der Waals surface area contributed by atoms with Crippen molar-refractivity contribution in [2.24, 2.45) is 0 Å². The van der Waals surface area contributed by atoms with Gasteiger partial charge in [-0.3, -0.25) is 9.59 Å². The Balaban J connectivity index is 1.75. The summed E-state index contributed by atoms with van der Waals surface area (Å²) in [5, 5.41) is 4.28. The molecule has 0 spiro atoms. The normalized spacial score (nSPS) is 10.0. The van der Waals surface area contributed by atoms with E-state index in [2.05, 4.69) is 5.32 Å². The largest absolute Gasteiger partial charge is 0.462 e. The van der Waals surface area contributed by atoms with Crippen LogP contribution in [0.15, 0.2) is 41.8 Å². The standard InChI is InChI=1S/C17H17NO5S/c1-2-22-17(21)13-7-5-12(6-8-13)11-23-15(19)10-18-16(20)14-4-3-9-24-14/h3-9H,2,10-11H2,1H3,(H,18,20). The molecule has 2 aromatic rings. The Kier molecular flexibility index (Phi) is 6.51. The zero-order valence-corrected chi connectivity index (χ0v) is 13.9. The fourth-order valence-electron chi connectivity index (χ4n) is 1.81.